The van der Waals surface area contributed by atoms with Crippen molar-refractivity contribution in [1.29, 1.82) is 0 Å². The molecule has 0 fully saturated rings. The molecule has 0 saturated heterocycles. The quantitative estimate of drug-likeness (QED) is 0.857. The van der Waals surface area contributed by atoms with Crippen LogP contribution in [-0.4, -0.2) is 34.6 Å². The lowest BCUT2D eigenvalue weighted by Crippen LogP contribution is -2.37. The Labute approximate surface area is 143 Å². The lowest BCUT2D eigenvalue weighted by Gasteiger charge is -2.20. The normalized spacial score (nSPS) is 11.8. The van der Waals surface area contributed by atoms with Crippen molar-refractivity contribution in [3.8, 4) is 0 Å². The van der Waals surface area contributed by atoms with Crippen LogP contribution < -0.4 is 5.32 Å². The summed E-state index contributed by atoms with van der Waals surface area (Å²) < 4.78 is 0. The minimum atomic E-state index is -0.564. The molecule has 0 saturated carbocycles. The molecule has 0 aliphatic rings. The molecule has 128 valence electrons. The van der Waals surface area contributed by atoms with E-state index in [1.54, 1.807) is 18.1 Å². The van der Waals surface area contributed by atoms with Crippen LogP contribution in [0.5, 0.6) is 0 Å². The largest absolute Gasteiger partial charge is 0.388 e. The summed E-state index contributed by atoms with van der Waals surface area (Å²) in [6, 6.07) is 11.3. The molecule has 1 unspecified atom stereocenters. The predicted octanol–water partition coefficient (Wildman–Crippen LogP) is 2.96. The van der Waals surface area contributed by atoms with Gasteiger partial charge in [-0.25, -0.2) is 4.79 Å². The molecule has 1 heterocycles. The first kappa shape index (κ1) is 17.9. The van der Waals surface area contributed by atoms with E-state index in [-0.39, 0.29) is 6.03 Å². The summed E-state index contributed by atoms with van der Waals surface area (Å²) in [5, 5.41) is 13.0. The summed E-state index contributed by atoms with van der Waals surface area (Å²) in [6.07, 6.45) is 1.71. The maximum Gasteiger partial charge on any atom is 0.317 e. The monoisotopic (exact) mass is 327 g/mol. The molecule has 1 aromatic heterocycles. The minimum absolute atomic E-state index is 0.159. The Morgan fingerprint density at radius 2 is 2.00 bits per heavy atom. The van der Waals surface area contributed by atoms with E-state index in [1.807, 2.05) is 50.2 Å². The van der Waals surface area contributed by atoms with Gasteiger partial charge in [-0.3, -0.25) is 4.98 Å². The molecule has 0 aliphatic carbocycles. The Kier molecular flexibility index (Phi) is 6.32. The van der Waals surface area contributed by atoms with Crippen LogP contribution in [-0.2, 0) is 6.54 Å². The highest BCUT2D eigenvalue weighted by molar-refractivity contribution is 5.73. The molecular weight excluding hydrogens is 302 g/mol. The Bertz CT molecular complexity index is 674. The first-order valence-electron chi connectivity index (χ1n) is 8.11. The summed E-state index contributed by atoms with van der Waals surface area (Å²) in [5.74, 6) is 0. The van der Waals surface area contributed by atoms with Crippen LogP contribution >= 0.6 is 0 Å². The van der Waals surface area contributed by atoms with E-state index in [4.69, 9.17) is 0 Å². The summed E-state index contributed by atoms with van der Waals surface area (Å²) >= 11 is 0. The van der Waals surface area contributed by atoms with Crippen molar-refractivity contribution >= 4 is 6.03 Å². The molecule has 2 N–H and O–H groups in total. The van der Waals surface area contributed by atoms with E-state index >= 15 is 0 Å². The average Bonchev–Trinajstić information content (AvgIpc) is 2.60. The Balaban J connectivity index is 1.78. The molecule has 1 atom stereocenters. The van der Waals surface area contributed by atoms with E-state index in [0.717, 1.165) is 22.4 Å². The molecule has 2 amide bonds. The van der Waals surface area contributed by atoms with E-state index < -0.39 is 6.10 Å². The van der Waals surface area contributed by atoms with Crippen molar-refractivity contribution in [2.75, 3.05) is 13.6 Å². The third-order valence-corrected chi connectivity index (χ3v) is 4.11. The van der Waals surface area contributed by atoms with Crippen molar-refractivity contribution in [1.82, 2.24) is 15.2 Å². The van der Waals surface area contributed by atoms with Crippen LogP contribution in [0.2, 0.25) is 0 Å². The average molecular weight is 327 g/mol. The highest BCUT2D eigenvalue weighted by Gasteiger charge is 2.12. The third-order valence-electron chi connectivity index (χ3n) is 4.11. The van der Waals surface area contributed by atoms with Gasteiger partial charge in [-0.1, -0.05) is 36.4 Å². The number of aromatic nitrogens is 1. The molecule has 5 nitrogen and oxygen atoms in total. The second-order valence-electron chi connectivity index (χ2n) is 6.04. The zero-order valence-corrected chi connectivity index (χ0v) is 14.5. The second-order valence-corrected chi connectivity index (χ2v) is 6.04. The van der Waals surface area contributed by atoms with E-state index in [1.165, 1.54) is 0 Å². The van der Waals surface area contributed by atoms with Gasteiger partial charge in [-0.15, -0.1) is 0 Å². The van der Waals surface area contributed by atoms with Crippen LogP contribution in [0.3, 0.4) is 0 Å². The smallest absolute Gasteiger partial charge is 0.317 e. The number of aryl methyl sites for hydroxylation is 2. The molecular formula is C19H25N3O2. The van der Waals surface area contributed by atoms with Crippen molar-refractivity contribution in [3.63, 3.8) is 0 Å². The van der Waals surface area contributed by atoms with Gasteiger partial charge in [-0.05, 0) is 37.0 Å². The number of hydrogen-bond donors (Lipinski definition) is 2. The van der Waals surface area contributed by atoms with Crippen molar-refractivity contribution < 1.29 is 9.90 Å². The number of aliphatic hydroxyl groups is 1. The lowest BCUT2D eigenvalue weighted by molar-refractivity contribution is 0.150. The molecule has 2 aromatic rings. The molecule has 0 radical (unpaired) electrons. The summed E-state index contributed by atoms with van der Waals surface area (Å²) in [5.41, 5.74) is 3.95. The van der Waals surface area contributed by atoms with Gasteiger partial charge in [0.1, 0.15) is 0 Å². The van der Waals surface area contributed by atoms with E-state index in [0.29, 0.717) is 19.5 Å². The van der Waals surface area contributed by atoms with Gasteiger partial charge in [0.2, 0.25) is 0 Å². The number of benzene rings is 1. The molecule has 2 rings (SSSR count). The number of hydrogen-bond acceptors (Lipinski definition) is 3. The Hall–Kier alpha value is -2.40. The number of carbonyl (C=O) groups is 1. The summed E-state index contributed by atoms with van der Waals surface area (Å²) in [6.45, 7) is 4.89. The number of urea groups is 1. The number of rotatable bonds is 6. The van der Waals surface area contributed by atoms with Crippen LogP contribution in [0.1, 0.15) is 34.9 Å². The van der Waals surface area contributed by atoms with Gasteiger partial charge >= 0.3 is 6.03 Å². The van der Waals surface area contributed by atoms with Crippen LogP contribution in [0, 0.1) is 13.8 Å². The van der Waals surface area contributed by atoms with Crippen molar-refractivity contribution in [2.24, 2.45) is 0 Å². The highest BCUT2D eigenvalue weighted by atomic mass is 16.3. The molecule has 0 bridgehead atoms. The van der Waals surface area contributed by atoms with Gasteiger partial charge in [-0.2, -0.15) is 0 Å². The molecule has 0 spiro atoms. The standard InChI is InChI=1S/C19H25N3O2/c1-14-11-16(12-20-15(14)2)13-21-19(24)22(3)10-9-18(23)17-7-5-4-6-8-17/h4-8,11-12,18,23H,9-10,13H2,1-3H3,(H,21,24). The number of amides is 2. The fraction of sp³-hybridized carbons (Fsp3) is 0.368. The molecule has 5 heteroatoms. The van der Waals surface area contributed by atoms with Gasteiger partial charge in [0.15, 0.2) is 0 Å². The predicted molar refractivity (Wildman–Crippen MR) is 94.6 cm³/mol. The topological polar surface area (TPSA) is 65.5 Å². The van der Waals surface area contributed by atoms with Crippen LogP contribution in [0.25, 0.3) is 0 Å². The molecule has 1 aromatic carbocycles. The first-order valence-corrected chi connectivity index (χ1v) is 8.11. The van der Waals surface area contributed by atoms with Crippen LogP contribution in [0.4, 0.5) is 4.79 Å². The van der Waals surface area contributed by atoms with E-state index in [9.17, 15) is 9.90 Å². The minimum Gasteiger partial charge on any atom is -0.388 e. The Morgan fingerprint density at radius 1 is 1.29 bits per heavy atom. The Morgan fingerprint density at radius 3 is 2.67 bits per heavy atom. The van der Waals surface area contributed by atoms with Crippen molar-refractivity contribution in [2.45, 2.75) is 32.9 Å². The van der Waals surface area contributed by atoms with Crippen molar-refractivity contribution in [3.05, 3.63) is 65.0 Å². The SMILES string of the molecule is Cc1cc(CNC(=O)N(C)CCC(O)c2ccccc2)cnc1C. The lowest BCUT2D eigenvalue weighted by atomic mass is 10.1. The van der Waals surface area contributed by atoms with Gasteiger partial charge < -0.3 is 15.3 Å². The number of nitrogens with one attached hydrogen (secondary N) is 1. The number of aliphatic hydroxyl groups excluding tert-OH is 1. The zero-order valence-electron chi connectivity index (χ0n) is 14.5. The zero-order chi connectivity index (χ0) is 17.5. The van der Waals surface area contributed by atoms with Gasteiger partial charge in [0.05, 0.1) is 6.10 Å². The number of carbonyl (C=O) groups excluding carboxylic acids is 1. The number of pyridine rings is 1. The molecule has 0 aliphatic heterocycles. The fourth-order valence-corrected chi connectivity index (χ4v) is 2.37. The molecule has 24 heavy (non-hydrogen) atoms. The highest BCUT2D eigenvalue weighted by Crippen LogP contribution is 2.16. The first-order chi connectivity index (χ1) is 11.5. The van der Waals surface area contributed by atoms with Gasteiger partial charge in [0, 0.05) is 32.0 Å². The van der Waals surface area contributed by atoms with Gasteiger partial charge in [0.25, 0.3) is 0 Å². The number of nitrogens with zero attached hydrogens (tertiary/aromatic N) is 2. The third kappa shape index (κ3) is 5.06. The van der Waals surface area contributed by atoms with E-state index in [2.05, 4.69) is 10.3 Å². The fourth-order valence-electron chi connectivity index (χ4n) is 2.37. The summed E-state index contributed by atoms with van der Waals surface area (Å²) in [4.78, 5) is 18.0. The summed E-state index contributed by atoms with van der Waals surface area (Å²) in [7, 11) is 1.73. The second kappa shape index (κ2) is 8.45. The van der Waals surface area contributed by atoms with Crippen LogP contribution in [0.15, 0.2) is 42.6 Å². The maximum atomic E-state index is 12.1. The maximum absolute atomic E-state index is 12.1.